The lowest BCUT2D eigenvalue weighted by atomic mass is 9.91. The van der Waals surface area contributed by atoms with E-state index in [1.54, 1.807) is 7.11 Å². The Hall–Kier alpha value is -0.860. The van der Waals surface area contributed by atoms with E-state index in [0.29, 0.717) is 13.2 Å². The van der Waals surface area contributed by atoms with Crippen LogP contribution in [0.2, 0.25) is 0 Å². The maximum Gasteiger partial charge on any atom is 0.139 e. The van der Waals surface area contributed by atoms with Crippen LogP contribution in [0.15, 0.2) is 24.3 Å². The largest absolute Gasteiger partial charge is 0.375 e. The summed E-state index contributed by atoms with van der Waals surface area (Å²) in [5.41, 5.74) is 2.41. The standard InChI is InChI=1S/C12H16O2/c1-3-10-4-6-11(7-5-10)12(13-2)8-14-9-12/h4-7H,3,8-9H2,1-2H3. The van der Waals surface area contributed by atoms with Gasteiger partial charge in [0, 0.05) is 7.11 Å². The number of rotatable bonds is 3. The fourth-order valence-electron chi connectivity index (χ4n) is 1.73. The van der Waals surface area contributed by atoms with Gasteiger partial charge in [0.15, 0.2) is 0 Å². The van der Waals surface area contributed by atoms with Crippen molar-refractivity contribution in [2.24, 2.45) is 0 Å². The van der Waals surface area contributed by atoms with Gasteiger partial charge in [-0.15, -0.1) is 0 Å². The Balaban J connectivity index is 2.23. The van der Waals surface area contributed by atoms with Crippen molar-refractivity contribution in [3.05, 3.63) is 35.4 Å². The lowest BCUT2D eigenvalue weighted by molar-refractivity contribution is -0.202. The predicted octanol–water partition coefficient (Wildman–Crippen LogP) is 2.12. The fourth-order valence-corrected chi connectivity index (χ4v) is 1.73. The summed E-state index contributed by atoms with van der Waals surface area (Å²) in [5.74, 6) is 0. The molecule has 0 N–H and O–H groups in total. The van der Waals surface area contributed by atoms with Crippen LogP contribution in [0.4, 0.5) is 0 Å². The van der Waals surface area contributed by atoms with E-state index >= 15 is 0 Å². The van der Waals surface area contributed by atoms with Gasteiger partial charge in [0.2, 0.25) is 0 Å². The lowest BCUT2D eigenvalue weighted by Crippen LogP contribution is -2.48. The van der Waals surface area contributed by atoms with E-state index in [9.17, 15) is 0 Å². The van der Waals surface area contributed by atoms with E-state index in [4.69, 9.17) is 9.47 Å². The Labute approximate surface area is 84.8 Å². The Bertz CT molecular complexity index is 293. The highest BCUT2D eigenvalue weighted by Crippen LogP contribution is 2.32. The maximum absolute atomic E-state index is 5.51. The van der Waals surface area contributed by atoms with Gasteiger partial charge in [0.1, 0.15) is 5.60 Å². The number of hydrogen-bond donors (Lipinski definition) is 0. The molecule has 1 aromatic carbocycles. The zero-order chi connectivity index (χ0) is 10.0. The molecule has 0 atom stereocenters. The maximum atomic E-state index is 5.51. The van der Waals surface area contributed by atoms with Crippen molar-refractivity contribution in [3.63, 3.8) is 0 Å². The molecule has 1 aromatic rings. The van der Waals surface area contributed by atoms with Crippen LogP contribution in [0.1, 0.15) is 18.1 Å². The van der Waals surface area contributed by atoms with Gasteiger partial charge >= 0.3 is 0 Å². The minimum absolute atomic E-state index is 0.174. The Kier molecular flexibility index (Phi) is 2.57. The third-order valence-corrected chi connectivity index (χ3v) is 2.95. The molecule has 2 rings (SSSR count). The molecular formula is C12H16O2. The first kappa shape index (κ1) is 9.69. The highest BCUT2D eigenvalue weighted by molar-refractivity contribution is 5.29. The number of aryl methyl sites for hydroxylation is 1. The second-order valence-corrected chi connectivity index (χ2v) is 3.74. The Morgan fingerprint density at radius 1 is 1.29 bits per heavy atom. The van der Waals surface area contributed by atoms with Crippen molar-refractivity contribution in [1.29, 1.82) is 0 Å². The summed E-state index contributed by atoms with van der Waals surface area (Å²) < 4.78 is 10.7. The molecule has 1 fully saturated rings. The van der Waals surface area contributed by atoms with Crippen molar-refractivity contribution < 1.29 is 9.47 Å². The molecular weight excluding hydrogens is 176 g/mol. The second kappa shape index (κ2) is 3.71. The summed E-state index contributed by atoms with van der Waals surface area (Å²) in [4.78, 5) is 0. The third-order valence-electron chi connectivity index (χ3n) is 2.95. The molecule has 0 radical (unpaired) electrons. The number of benzene rings is 1. The van der Waals surface area contributed by atoms with Crippen LogP contribution in [-0.4, -0.2) is 20.3 Å². The minimum Gasteiger partial charge on any atom is -0.375 e. The highest BCUT2D eigenvalue weighted by atomic mass is 16.6. The van der Waals surface area contributed by atoms with Crippen LogP contribution in [0, 0.1) is 0 Å². The normalized spacial score (nSPS) is 19.0. The minimum atomic E-state index is -0.174. The van der Waals surface area contributed by atoms with Crippen LogP contribution in [0.25, 0.3) is 0 Å². The van der Waals surface area contributed by atoms with Gasteiger partial charge in [-0.25, -0.2) is 0 Å². The molecule has 0 aromatic heterocycles. The topological polar surface area (TPSA) is 18.5 Å². The van der Waals surface area contributed by atoms with E-state index in [2.05, 4.69) is 31.2 Å². The zero-order valence-corrected chi connectivity index (χ0v) is 8.75. The van der Waals surface area contributed by atoms with Crippen molar-refractivity contribution in [2.45, 2.75) is 18.9 Å². The molecule has 0 bridgehead atoms. The van der Waals surface area contributed by atoms with Gasteiger partial charge in [-0.2, -0.15) is 0 Å². The third kappa shape index (κ3) is 1.45. The molecule has 0 spiro atoms. The van der Waals surface area contributed by atoms with Gasteiger partial charge in [0.05, 0.1) is 13.2 Å². The van der Waals surface area contributed by atoms with Crippen molar-refractivity contribution in [3.8, 4) is 0 Å². The van der Waals surface area contributed by atoms with Crippen LogP contribution >= 0.6 is 0 Å². The number of hydrogen-bond acceptors (Lipinski definition) is 2. The van der Waals surface area contributed by atoms with Crippen LogP contribution in [0.5, 0.6) is 0 Å². The van der Waals surface area contributed by atoms with Crippen molar-refractivity contribution in [1.82, 2.24) is 0 Å². The van der Waals surface area contributed by atoms with E-state index in [0.717, 1.165) is 6.42 Å². The highest BCUT2D eigenvalue weighted by Gasteiger charge is 2.40. The Morgan fingerprint density at radius 2 is 1.93 bits per heavy atom. The van der Waals surface area contributed by atoms with Crippen LogP contribution in [-0.2, 0) is 21.5 Å². The van der Waals surface area contributed by atoms with E-state index in [1.165, 1.54) is 11.1 Å². The van der Waals surface area contributed by atoms with Crippen molar-refractivity contribution in [2.75, 3.05) is 20.3 Å². The van der Waals surface area contributed by atoms with Gasteiger partial charge in [-0.05, 0) is 17.5 Å². The smallest absolute Gasteiger partial charge is 0.139 e. The summed E-state index contributed by atoms with van der Waals surface area (Å²) in [7, 11) is 1.75. The van der Waals surface area contributed by atoms with E-state index in [1.807, 2.05) is 0 Å². The SMILES string of the molecule is CCc1ccc(C2(OC)COC2)cc1. The molecule has 0 saturated carbocycles. The molecule has 0 amide bonds. The van der Waals surface area contributed by atoms with Gasteiger partial charge < -0.3 is 9.47 Å². The number of methoxy groups -OCH3 is 1. The van der Waals surface area contributed by atoms with Gasteiger partial charge in [0.25, 0.3) is 0 Å². The predicted molar refractivity (Wildman–Crippen MR) is 55.3 cm³/mol. The molecule has 1 aliphatic rings. The first-order valence-corrected chi connectivity index (χ1v) is 5.03. The Morgan fingerprint density at radius 3 is 2.29 bits per heavy atom. The first-order valence-electron chi connectivity index (χ1n) is 5.03. The molecule has 0 unspecified atom stereocenters. The van der Waals surface area contributed by atoms with Crippen molar-refractivity contribution >= 4 is 0 Å². The van der Waals surface area contributed by atoms with E-state index in [-0.39, 0.29) is 5.60 Å². The van der Waals surface area contributed by atoms with Gasteiger partial charge in [-0.3, -0.25) is 0 Å². The monoisotopic (exact) mass is 192 g/mol. The molecule has 2 heteroatoms. The van der Waals surface area contributed by atoms with Crippen LogP contribution < -0.4 is 0 Å². The molecule has 14 heavy (non-hydrogen) atoms. The number of ether oxygens (including phenoxy) is 2. The molecule has 1 saturated heterocycles. The molecule has 0 aliphatic carbocycles. The fraction of sp³-hybridized carbons (Fsp3) is 0.500. The zero-order valence-electron chi connectivity index (χ0n) is 8.75. The average molecular weight is 192 g/mol. The molecule has 1 aliphatic heterocycles. The lowest BCUT2D eigenvalue weighted by Gasteiger charge is -2.40. The summed E-state index contributed by atoms with van der Waals surface area (Å²) >= 11 is 0. The molecule has 76 valence electrons. The summed E-state index contributed by atoms with van der Waals surface area (Å²) in [6.45, 7) is 3.51. The van der Waals surface area contributed by atoms with Gasteiger partial charge in [-0.1, -0.05) is 31.2 Å². The summed E-state index contributed by atoms with van der Waals surface area (Å²) in [6, 6.07) is 8.61. The average Bonchev–Trinajstić information content (AvgIpc) is 2.18. The summed E-state index contributed by atoms with van der Waals surface area (Å²) in [6.07, 6.45) is 1.08. The summed E-state index contributed by atoms with van der Waals surface area (Å²) in [5, 5.41) is 0. The van der Waals surface area contributed by atoms with Crippen LogP contribution in [0.3, 0.4) is 0 Å². The first-order chi connectivity index (χ1) is 6.80. The molecule has 1 heterocycles. The quantitative estimate of drug-likeness (QED) is 0.730. The molecule has 2 nitrogen and oxygen atoms in total. The van der Waals surface area contributed by atoms with E-state index < -0.39 is 0 Å². The second-order valence-electron chi connectivity index (χ2n) is 3.74.